The van der Waals surface area contributed by atoms with Gasteiger partial charge in [0.15, 0.2) is 0 Å². The van der Waals surface area contributed by atoms with E-state index in [0.717, 1.165) is 25.0 Å². The van der Waals surface area contributed by atoms with Crippen molar-refractivity contribution in [3.05, 3.63) is 0 Å². The van der Waals surface area contributed by atoms with Crippen molar-refractivity contribution in [3.63, 3.8) is 0 Å². The Morgan fingerprint density at radius 1 is 1.12 bits per heavy atom. The highest BCUT2D eigenvalue weighted by molar-refractivity contribution is 6.18. The number of hydrogen-bond donors (Lipinski definition) is 0. The molecular weight excluding hydrogens is 234 g/mol. The average Bonchev–Trinajstić information content (AvgIpc) is 2.75. The molecule has 0 aromatic heterocycles. The van der Waals surface area contributed by atoms with Crippen molar-refractivity contribution in [2.75, 3.05) is 19.0 Å². The summed E-state index contributed by atoms with van der Waals surface area (Å²) in [7, 11) is 0. The van der Waals surface area contributed by atoms with E-state index in [9.17, 15) is 0 Å². The van der Waals surface area contributed by atoms with E-state index in [0.29, 0.717) is 12.2 Å². The van der Waals surface area contributed by atoms with Crippen LogP contribution in [0.3, 0.4) is 0 Å². The fourth-order valence-electron chi connectivity index (χ4n) is 3.26. The van der Waals surface area contributed by atoms with Gasteiger partial charge in [0.25, 0.3) is 0 Å². The maximum atomic E-state index is 5.95. The molecule has 1 aliphatic heterocycles. The molecule has 2 atom stereocenters. The quantitative estimate of drug-likeness (QED) is 0.702. The Kier molecular flexibility index (Phi) is 5.58. The van der Waals surface area contributed by atoms with Crippen LogP contribution in [0, 0.1) is 0 Å². The fourth-order valence-corrected chi connectivity index (χ4v) is 3.48. The summed E-state index contributed by atoms with van der Waals surface area (Å²) in [6, 6.07) is 0.766. The van der Waals surface area contributed by atoms with Gasteiger partial charge in [-0.15, -0.1) is 11.6 Å². The SMILES string of the molecule is CC1CCC(CN(CCCl)C2CCCCC2)O1. The van der Waals surface area contributed by atoms with Gasteiger partial charge in [0.05, 0.1) is 12.2 Å². The molecule has 0 amide bonds. The largest absolute Gasteiger partial charge is 0.374 e. The summed E-state index contributed by atoms with van der Waals surface area (Å²) in [5.41, 5.74) is 0. The predicted octanol–water partition coefficient (Wildman–Crippen LogP) is 3.43. The Labute approximate surface area is 111 Å². The van der Waals surface area contributed by atoms with Crippen LogP contribution >= 0.6 is 11.6 Å². The van der Waals surface area contributed by atoms with Crippen LogP contribution in [0.15, 0.2) is 0 Å². The van der Waals surface area contributed by atoms with Crippen molar-refractivity contribution in [2.45, 2.75) is 70.1 Å². The summed E-state index contributed by atoms with van der Waals surface area (Å²) in [5, 5.41) is 0. The second-order valence-electron chi connectivity index (χ2n) is 5.62. The Hall–Kier alpha value is 0.210. The normalized spacial score (nSPS) is 31.2. The molecule has 100 valence electrons. The first-order valence-corrected chi connectivity index (χ1v) is 7.78. The van der Waals surface area contributed by atoms with Gasteiger partial charge >= 0.3 is 0 Å². The van der Waals surface area contributed by atoms with Crippen molar-refractivity contribution in [1.29, 1.82) is 0 Å². The topological polar surface area (TPSA) is 12.5 Å². The zero-order valence-corrected chi connectivity index (χ0v) is 11.8. The number of halogens is 1. The molecule has 2 fully saturated rings. The highest BCUT2D eigenvalue weighted by Gasteiger charge is 2.27. The van der Waals surface area contributed by atoms with Crippen LogP contribution in [0.25, 0.3) is 0 Å². The minimum Gasteiger partial charge on any atom is -0.374 e. The molecule has 0 radical (unpaired) electrons. The number of rotatable bonds is 5. The first kappa shape index (κ1) is 13.6. The number of ether oxygens (including phenoxy) is 1. The Bertz CT molecular complexity index is 218. The van der Waals surface area contributed by atoms with Crippen molar-refractivity contribution in [3.8, 4) is 0 Å². The zero-order chi connectivity index (χ0) is 12.1. The van der Waals surface area contributed by atoms with E-state index in [-0.39, 0.29) is 0 Å². The summed E-state index contributed by atoms with van der Waals surface area (Å²) in [6.45, 7) is 4.31. The number of hydrogen-bond acceptors (Lipinski definition) is 2. The minimum absolute atomic E-state index is 0.454. The third-order valence-electron chi connectivity index (χ3n) is 4.22. The summed E-state index contributed by atoms with van der Waals surface area (Å²) < 4.78 is 5.94. The number of alkyl halides is 1. The minimum atomic E-state index is 0.454. The van der Waals surface area contributed by atoms with Gasteiger partial charge < -0.3 is 4.74 Å². The summed E-state index contributed by atoms with van der Waals surface area (Å²) in [5.74, 6) is 0.749. The van der Waals surface area contributed by atoms with Crippen molar-refractivity contribution < 1.29 is 4.74 Å². The summed E-state index contributed by atoms with van der Waals surface area (Å²) in [6.07, 6.45) is 10.3. The van der Waals surface area contributed by atoms with Gasteiger partial charge in [-0.3, -0.25) is 4.90 Å². The maximum absolute atomic E-state index is 5.95. The van der Waals surface area contributed by atoms with Gasteiger partial charge in [0.1, 0.15) is 0 Å². The molecule has 3 heteroatoms. The third-order valence-corrected chi connectivity index (χ3v) is 4.39. The van der Waals surface area contributed by atoms with Crippen molar-refractivity contribution >= 4 is 11.6 Å². The molecule has 17 heavy (non-hydrogen) atoms. The van der Waals surface area contributed by atoms with Crippen LogP contribution in [0.4, 0.5) is 0 Å². The standard InChI is InChI=1S/C14H26ClNO/c1-12-7-8-14(17-12)11-16(10-9-15)13-5-3-2-4-6-13/h12-14H,2-11H2,1H3. The van der Waals surface area contributed by atoms with Gasteiger partial charge in [0.2, 0.25) is 0 Å². The third kappa shape index (κ3) is 4.11. The van der Waals surface area contributed by atoms with Gasteiger partial charge in [0, 0.05) is 25.0 Å². The molecule has 1 heterocycles. The Balaban J connectivity index is 1.82. The molecule has 1 aliphatic carbocycles. The Morgan fingerprint density at radius 2 is 1.88 bits per heavy atom. The Morgan fingerprint density at radius 3 is 2.47 bits per heavy atom. The van der Waals surface area contributed by atoms with Crippen LogP contribution in [0.1, 0.15) is 51.9 Å². The van der Waals surface area contributed by atoms with E-state index in [2.05, 4.69) is 11.8 Å². The van der Waals surface area contributed by atoms with Crippen LogP contribution < -0.4 is 0 Å². The lowest BCUT2D eigenvalue weighted by Crippen LogP contribution is -2.42. The molecule has 2 rings (SSSR count). The number of nitrogens with zero attached hydrogens (tertiary/aromatic N) is 1. The van der Waals surface area contributed by atoms with Crippen LogP contribution in [-0.4, -0.2) is 42.1 Å². The van der Waals surface area contributed by atoms with Gasteiger partial charge in [-0.05, 0) is 32.6 Å². The lowest BCUT2D eigenvalue weighted by Gasteiger charge is -2.35. The molecule has 2 unspecified atom stereocenters. The predicted molar refractivity (Wildman–Crippen MR) is 72.7 cm³/mol. The van der Waals surface area contributed by atoms with Gasteiger partial charge in [-0.1, -0.05) is 19.3 Å². The first-order chi connectivity index (χ1) is 8.29. The molecule has 0 aromatic rings. The van der Waals surface area contributed by atoms with Crippen LogP contribution in [-0.2, 0) is 4.74 Å². The summed E-state index contributed by atoms with van der Waals surface area (Å²) in [4.78, 5) is 2.59. The molecule has 0 aromatic carbocycles. The average molecular weight is 260 g/mol. The smallest absolute Gasteiger partial charge is 0.0706 e. The lowest BCUT2D eigenvalue weighted by molar-refractivity contribution is 0.0183. The molecule has 0 bridgehead atoms. The molecule has 2 nitrogen and oxygen atoms in total. The summed E-state index contributed by atoms with van der Waals surface area (Å²) >= 11 is 5.95. The van der Waals surface area contributed by atoms with Gasteiger partial charge in [-0.25, -0.2) is 0 Å². The van der Waals surface area contributed by atoms with E-state index in [4.69, 9.17) is 16.3 Å². The van der Waals surface area contributed by atoms with Crippen LogP contribution in [0.2, 0.25) is 0 Å². The molecule has 2 aliphatic rings. The maximum Gasteiger partial charge on any atom is 0.0706 e. The van der Waals surface area contributed by atoms with E-state index >= 15 is 0 Å². The zero-order valence-electron chi connectivity index (χ0n) is 11.0. The van der Waals surface area contributed by atoms with E-state index in [1.54, 1.807) is 0 Å². The van der Waals surface area contributed by atoms with Gasteiger partial charge in [-0.2, -0.15) is 0 Å². The van der Waals surface area contributed by atoms with Crippen molar-refractivity contribution in [1.82, 2.24) is 4.90 Å². The second-order valence-corrected chi connectivity index (χ2v) is 6.00. The van der Waals surface area contributed by atoms with Crippen LogP contribution in [0.5, 0.6) is 0 Å². The lowest BCUT2D eigenvalue weighted by atomic mass is 9.94. The molecule has 1 saturated heterocycles. The van der Waals surface area contributed by atoms with E-state index < -0.39 is 0 Å². The molecule has 1 saturated carbocycles. The van der Waals surface area contributed by atoms with E-state index in [1.165, 1.54) is 44.9 Å². The van der Waals surface area contributed by atoms with Crippen molar-refractivity contribution in [2.24, 2.45) is 0 Å². The molecular formula is C14H26ClNO. The highest BCUT2D eigenvalue weighted by atomic mass is 35.5. The molecule has 0 spiro atoms. The highest BCUT2D eigenvalue weighted by Crippen LogP contribution is 2.25. The second kappa shape index (κ2) is 6.96. The monoisotopic (exact) mass is 259 g/mol. The molecule has 0 N–H and O–H groups in total. The van der Waals surface area contributed by atoms with E-state index in [1.807, 2.05) is 0 Å². The fraction of sp³-hybridized carbons (Fsp3) is 1.00. The first-order valence-electron chi connectivity index (χ1n) is 7.25.